The first-order chi connectivity index (χ1) is 15.1. The van der Waals surface area contributed by atoms with Crippen molar-refractivity contribution in [2.45, 2.75) is 19.1 Å². The first-order valence-electron chi connectivity index (χ1n) is 9.95. The van der Waals surface area contributed by atoms with E-state index in [4.69, 9.17) is 4.74 Å². The Morgan fingerprint density at radius 2 is 1.84 bits per heavy atom. The molecule has 1 atom stereocenters. The van der Waals surface area contributed by atoms with E-state index in [1.54, 1.807) is 25.5 Å². The van der Waals surface area contributed by atoms with Crippen molar-refractivity contribution in [1.82, 2.24) is 25.1 Å². The van der Waals surface area contributed by atoms with E-state index >= 15 is 0 Å². The number of carbonyl (C=O) groups excluding carboxylic acids is 1. The predicted octanol–water partition coefficient (Wildman–Crippen LogP) is 2.28. The highest BCUT2D eigenvalue weighted by molar-refractivity contribution is 6.05. The molecule has 0 radical (unpaired) electrons. The highest BCUT2D eigenvalue weighted by atomic mass is 16.5. The van der Waals surface area contributed by atoms with E-state index in [1.165, 1.54) is 4.68 Å². The smallest absolute Gasteiger partial charge is 0.270 e. The van der Waals surface area contributed by atoms with Crippen LogP contribution in [0, 0.1) is 0 Å². The maximum Gasteiger partial charge on any atom is 0.270 e. The lowest BCUT2D eigenvalue weighted by atomic mass is 10.1. The summed E-state index contributed by atoms with van der Waals surface area (Å²) in [6.45, 7) is 0.126. The van der Waals surface area contributed by atoms with E-state index in [0.29, 0.717) is 35.4 Å². The van der Waals surface area contributed by atoms with Gasteiger partial charge in [-0.05, 0) is 42.5 Å². The topological polar surface area (TPSA) is 102 Å². The third kappa shape index (κ3) is 4.87. The Morgan fingerprint density at radius 1 is 1.10 bits per heavy atom. The SMILES string of the molecule is Cn1nc2ccc(OCc3ccccn3)cc2c1C(=O)NC(CO)Cc1ccccn1. The minimum atomic E-state index is -0.462. The minimum absolute atomic E-state index is 0.198. The van der Waals surface area contributed by atoms with Crippen LogP contribution in [0.15, 0.2) is 67.0 Å². The highest BCUT2D eigenvalue weighted by Crippen LogP contribution is 2.24. The van der Waals surface area contributed by atoms with Gasteiger partial charge in [0.2, 0.25) is 0 Å². The zero-order valence-electron chi connectivity index (χ0n) is 17.1. The number of hydrogen-bond donors (Lipinski definition) is 2. The van der Waals surface area contributed by atoms with E-state index in [0.717, 1.165) is 11.4 Å². The fraction of sp³-hybridized carbons (Fsp3) is 0.217. The second-order valence-electron chi connectivity index (χ2n) is 7.14. The molecule has 31 heavy (non-hydrogen) atoms. The molecule has 1 amide bonds. The van der Waals surface area contributed by atoms with Crippen LogP contribution in [0.2, 0.25) is 0 Å². The Kier molecular flexibility index (Phi) is 6.18. The first kappa shape index (κ1) is 20.5. The normalized spacial score (nSPS) is 11.9. The third-order valence-electron chi connectivity index (χ3n) is 4.87. The Labute approximate surface area is 179 Å². The molecule has 4 aromatic rings. The first-order valence-corrected chi connectivity index (χ1v) is 9.95. The number of ether oxygens (including phenoxy) is 1. The van der Waals surface area contributed by atoms with E-state index < -0.39 is 6.04 Å². The van der Waals surface area contributed by atoms with Gasteiger partial charge in [0.15, 0.2) is 0 Å². The molecule has 3 heterocycles. The number of carbonyl (C=O) groups is 1. The average molecular weight is 417 g/mol. The number of nitrogens with zero attached hydrogens (tertiary/aromatic N) is 4. The number of benzene rings is 1. The Morgan fingerprint density at radius 3 is 2.52 bits per heavy atom. The number of aliphatic hydroxyl groups is 1. The molecule has 8 heteroatoms. The molecule has 158 valence electrons. The van der Waals surface area contributed by atoms with Gasteiger partial charge in [-0.15, -0.1) is 0 Å². The van der Waals surface area contributed by atoms with Crippen molar-refractivity contribution < 1.29 is 14.6 Å². The number of pyridine rings is 2. The van der Waals surface area contributed by atoms with Crippen molar-refractivity contribution in [2.75, 3.05) is 6.61 Å². The van der Waals surface area contributed by atoms with E-state index in [9.17, 15) is 9.90 Å². The van der Waals surface area contributed by atoms with Crippen molar-refractivity contribution in [2.24, 2.45) is 7.05 Å². The van der Waals surface area contributed by atoms with Gasteiger partial charge in [-0.3, -0.25) is 19.4 Å². The highest BCUT2D eigenvalue weighted by Gasteiger charge is 2.21. The predicted molar refractivity (Wildman–Crippen MR) is 116 cm³/mol. The Balaban J connectivity index is 1.52. The number of rotatable bonds is 8. The second kappa shape index (κ2) is 9.36. The fourth-order valence-electron chi connectivity index (χ4n) is 3.36. The summed E-state index contributed by atoms with van der Waals surface area (Å²) in [5.41, 5.74) is 2.69. The molecule has 4 rings (SSSR count). The molecule has 0 aliphatic carbocycles. The van der Waals surface area contributed by atoms with Gasteiger partial charge in [0.05, 0.1) is 23.9 Å². The Bertz CT molecular complexity index is 1160. The number of amides is 1. The van der Waals surface area contributed by atoms with Crippen LogP contribution in [0.4, 0.5) is 0 Å². The number of aryl methyl sites for hydroxylation is 1. The van der Waals surface area contributed by atoms with Crippen LogP contribution < -0.4 is 10.1 Å². The molecule has 1 aromatic carbocycles. The van der Waals surface area contributed by atoms with Gasteiger partial charge in [0.1, 0.15) is 18.1 Å². The minimum Gasteiger partial charge on any atom is -0.487 e. The standard InChI is InChI=1S/C23H23N5O3/c1-28-22(23(30)26-18(14-29)12-16-6-2-4-10-24-16)20-13-19(8-9-21(20)27-28)31-15-17-7-3-5-11-25-17/h2-11,13,18,29H,12,14-15H2,1H3,(H,26,30). The van der Waals surface area contributed by atoms with Crippen molar-refractivity contribution >= 4 is 16.8 Å². The Hall–Kier alpha value is -3.78. The summed E-state index contributed by atoms with van der Waals surface area (Å²) in [6.07, 6.45) is 3.83. The maximum atomic E-state index is 13.0. The van der Waals surface area contributed by atoms with Crippen LogP contribution in [0.3, 0.4) is 0 Å². The lowest BCUT2D eigenvalue weighted by molar-refractivity contribution is 0.0908. The van der Waals surface area contributed by atoms with Gasteiger partial charge in [0.25, 0.3) is 5.91 Å². The van der Waals surface area contributed by atoms with Gasteiger partial charge in [-0.2, -0.15) is 5.10 Å². The van der Waals surface area contributed by atoms with E-state index in [-0.39, 0.29) is 12.5 Å². The molecule has 8 nitrogen and oxygen atoms in total. The zero-order chi connectivity index (χ0) is 21.6. The van der Waals surface area contributed by atoms with E-state index in [1.807, 2.05) is 48.5 Å². The van der Waals surface area contributed by atoms with Crippen LogP contribution in [0.1, 0.15) is 21.9 Å². The average Bonchev–Trinajstić information content (AvgIpc) is 3.13. The molecule has 0 saturated carbocycles. The van der Waals surface area contributed by atoms with Gasteiger partial charge in [-0.1, -0.05) is 12.1 Å². The molecule has 0 spiro atoms. The molecule has 0 bridgehead atoms. The van der Waals surface area contributed by atoms with Crippen LogP contribution in [-0.4, -0.2) is 43.4 Å². The molecule has 2 N–H and O–H groups in total. The largest absolute Gasteiger partial charge is 0.487 e. The van der Waals surface area contributed by atoms with Gasteiger partial charge >= 0.3 is 0 Å². The van der Waals surface area contributed by atoms with Crippen LogP contribution in [-0.2, 0) is 20.1 Å². The zero-order valence-corrected chi connectivity index (χ0v) is 17.1. The van der Waals surface area contributed by atoms with Crippen molar-refractivity contribution in [3.05, 3.63) is 84.1 Å². The molecule has 0 fully saturated rings. The number of nitrogens with one attached hydrogen (secondary N) is 1. The van der Waals surface area contributed by atoms with Crippen molar-refractivity contribution in [3.63, 3.8) is 0 Å². The molecular formula is C23H23N5O3. The lowest BCUT2D eigenvalue weighted by Crippen LogP contribution is -2.40. The van der Waals surface area contributed by atoms with Gasteiger partial charge in [0, 0.05) is 36.9 Å². The number of fused-ring (bicyclic) bond motifs is 1. The van der Waals surface area contributed by atoms with Crippen LogP contribution in [0.5, 0.6) is 5.75 Å². The quantitative estimate of drug-likeness (QED) is 0.456. The summed E-state index contributed by atoms with van der Waals surface area (Å²) >= 11 is 0. The van der Waals surface area contributed by atoms with Gasteiger partial charge < -0.3 is 15.2 Å². The lowest BCUT2D eigenvalue weighted by Gasteiger charge is -2.16. The maximum absolute atomic E-state index is 13.0. The van der Waals surface area contributed by atoms with Gasteiger partial charge in [-0.25, -0.2) is 0 Å². The van der Waals surface area contributed by atoms with Crippen LogP contribution in [0.25, 0.3) is 10.9 Å². The summed E-state index contributed by atoms with van der Waals surface area (Å²) in [7, 11) is 1.72. The van der Waals surface area contributed by atoms with Crippen molar-refractivity contribution in [1.29, 1.82) is 0 Å². The second-order valence-corrected chi connectivity index (χ2v) is 7.14. The summed E-state index contributed by atoms with van der Waals surface area (Å²) < 4.78 is 7.39. The van der Waals surface area contributed by atoms with Crippen molar-refractivity contribution in [3.8, 4) is 5.75 Å². The number of aromatic nitrogens is 4. The molecule has 0 aliphatic heterocycles. The number of hydrogen-bond acceptors (Lipinski definition) is 6. The number of aliphatic hydroxyl groups excluding tert-OH is 1. The summed E-state index contributed by atoms with van der Waals surface area (Å²) in [4.78, 5) is 21.5. The summed E-state index contributed by atoms with van der Waals surface area (Å²) in [5, 5.41) is 17.7. The molecule has 1 unspecified atom stereocenters. The molecule has 0 saturated heterocycles. The van der Waals surface area contributed by atoms with Crippen LogP contribution >= 0.6 is 0 Å². The molecule has 0 aliphatic rings. The summed E-state index contributed by atoms with van der Waals surface area (Å²) in [6, 6.07) is 16.2. The fourth-order valence-corrected chi connectivity index (χ4v) is 3.36. The summed E-state index contributed by atoms with van der Waals surface area (Å²) in [5.74, 6) is 0.300. The molecule has 3 aromatic heterocycles. The monoisotopic (exact) mass is 417 g/mol. The third-order valence-corrected chi connectivity index (χ3v) is 4.87. The molecular weight excluding hydrogens is 394 g/mol. The van der Waals surface area contributed by atoms with E-state index in [2.05, 4.69) is 20.4 Å².